The van der Waals surface area contributed by atoms with Gasteiger partial charge >= 0.3 is 0 Å². The molecule has 0 bridgehead atoms. The van der Waals surface area contributed by atoms with E-state index >= 15 is 0 Å². The van der Waals surface area contributed by atoms with Crippen LogP contribution in [0.15, 0.2) is 18.2 Å². The molecule has 0 aromatic heterocycles. The summed E-state index contributed by atoms with van der Waals surface area (Å²) in [6.07, 6.45) is 0. The zero-order valence-corrected chi connectivity index (χ0v) is 12.1. The molecule has 1 saturated heterocycles. The second-order valence-corrected chi connectivity index (χ2v) is 4.95. The molecule has 3 nitrogen and oxygen atoms in total. The molecule has 0 saturated carbocycles. The molecule has 1 fully saturated rings. The Morgan fingerprint density at radius 2 is 2.22 bits per heavy atom. The van der Waals surface area contributed by atoms with Crippen LogP contribution in [-0.4, -0.2) is 36.5 Å². The fourth-order valence-electron chi connectivity index (χ4n) is 2.16. The lowest BCUT2D eigenvalue weighted by molar-refractivity contribution is 0.0655. The van der Waals surface area contributed by atoms with Crippen LogP contribution in [0.3, 0.4) is 0 Å². The van der Waals surface area contributed by atoms with Crippen LogP contribution in [-0.2, 0) is 0 Å². The number of carbonyl (C=O) groups is 1. The van der Waals surface area contributed by atoms with E-state index in [1.807, 2.05) is 24.0 Å². The number of halogens is 2. The number of carbonyl (C=O) groups excluding carboxylic acids is 1. The summed E-state index contributed by atoms with van der Waals surface area (Å²) in [5, 5.41) is 3.95. The van der Waals surface area contributed by atoms with Crippen LogP contribution in [0.4, 0.5) is 0 Å². The van der Waals surface area contributed by atoms with E-state index in [2.05, 4.69) is 12.2 Å². The Bertz CT molecular complexity index is 437. The molecule has 1 N–H and O–H groups in total. The predicted molar refractivity (Wildman–Crippen MR) is 76.8 cm³/mol. The van der Waals surface area contributed by atoms with Gasteiger partial charge in [0.2, 0.25) is 0 Å². The lowest BCUT2D eigenvalue weighted by Gasteiger charge is -2.34. The Kier molecular flexibility index (Phi) is 5.45. The van der Waals surface area contributed by atoms with Crippen molar-refractivity contribution in [2.24, 2.45) is 0 Å². The van der Waals surface area contributed by atoms with Crippen LogP contribution in [0.2, 0.25) is 5.02 Å². The van der Waals surface area contributed by atoms with E-state index in [0.29, 0.717) is 5.02 Å². The van der Waals surface area contributed by atoms with Gasteiger partial charge in [0.25, 0.3) is 5.91 Å². The van der Waals surface area contributed by atoms with Crippen molar-refractivity contribution >= 4 is 29.9 Å². The van der Waals surface area contributed by atoms with Gasteiger partial charge in [0.1, 0.15) is 0 Å². The van der Waals surface area contributed by atoms with Gasteiger partial charge in [-0.1, -0.05) is 11.6 Å². The zero-order chi connectivity index (χ0) is 12.4. The molecule has 0 aliphatic carbocycles. The molecule has 1 heterocycles. The van der Waals surface area contributed by atoms with E-state index in [9.17, 15) is 4.79 Å². The zero-order valence-electron chi connectivity index (χ0n) is 10.6. The van der Waals surface area contributed by atoms with Crippen LogP contribution in [0.25, 0.3) is 0 Å². The van der Waals surface area contributed by atoms with E-state index in [1.54, 1.807) is 6.07 Å². The predicted octanol–water partition coefficient (Wildman–Crippen LogP) is 2.50. The highest BCUT2D eigenvalue weighted by molar-refractivity contribution is 6.30. The quantitative estimate of drug-likeness (QED) is 0.861. The van der Waals surface area contributed by atoms with Gasteiger partial charge in [0.15, 0.2) is 0 Å². The number of hydrogen-bond acceptors (Lipinski definition) is 2. The topological polar surface area (TPSA) is 32.3 Å². The fourth-order valence-corrected chi connectivity index (χ4v) is 2.39. The molecule has 0 spiro atoms. The minimum absolute atomic E-state index is 0. The molecule has 1 atom stereocenters. The first-order valence-corrected chi connectivity index (χ1v) is 6.25. The summed E-state index contributed by atoms with van der Waals surface area (Å²) < 4.78 is 0. The van der Waals surface area contributed by atoms with Gasteiger partial charge in [-0.05, 0) is 37.6 Å². The Morgan fingerprint density at radius 3 is 2.83 bits per heavy atom. The van der Waals surface area contributed by atoms with Crippen molar-refractivity contribution in [1.82, 2.24) is 10.2 Å². The normalized spacial score (nSPS) is 19.3. The Balaban J connectivity index is 0.00000162. The molecule has 0 unspecified atom stereocenters. The third-order valence-electron chi connectivity index (χ3n) is 3.18. The number of rotatable bonds is 1. The van der Waals surface area contributed by atoms with Gasteiger partial charge in [-0.2, -0.15) is 0 Å². The van der Waals surface area contributed by atoms with Crippen molar-refractivity contribution in [2.75, 3.05) is 19.6 Å². The van der Waals surface area contributed by atoms with E-state index in [1.165, 1.54) is 0 Å². The SMILES string of the molecule is Cc1cc(Cl)ccc1C(=O)N1CCNC[C@H]1C.Cl. The molecule has 100 valence electrons. The molecule has 0 radical (unpaired) electrons. The molecule has 1 amide bonds. The maximum Gasteiger partial charge on any atom is 0.254 e. The van der Waals surface area contributed by atoms with E-state index in [-0.39, 0.29) is 24.4 Å². The minimum atomic E-state index is 0. The van der Waals surface area contributed by atoms with Gasteiger partial charge in [-0.15, -0.1) is 12.4 Å². The molecule has 18 heavy (non-hydrogen) atoms. The lowest BCUT2D eigenvalue weighted by Crippen LogP contribution is -2.52. The number of piperazine rings is 1. The highest BCUT2D eigenvalue weighted by Crippen LogP contribution is 2.18. The van der Waals surface area contributed by atoms with Crippen molar-refractivity contribution in [3.05, 3.63) is 34.3 Å². The summed E-state index contributed by atoms with van der Waals surface area (Å²) >= 11 is 5.90. The highest BCUT2D eigenvalue weighted by atomic mass is 35.5. The average Bonchev–Trinajstić information content (AvgIpc) is 2.29. The number of amides is 1. The van der Waals surface area contributed by atoms with Crippen LogP contribution >= 0.6 is 24.0 Å². The maximum atomic E-state index is 12.4. The van der Waals surface area contributed by atoms with Crippen molar-refractivity contribution in [2.45, 2.75) is 19.9 Å². The fraction of sp³-hybridized carbons (Fsp3) is 0.462. The van der Waals surface area contributed by atoms with Crippen molar-refractivity contribution in [1.29, 1.82) is 0 Å². The smallest absolute Gasteiger partial charge is 0.254 e. The molecular weight excluding hydrogens is 271 g/mol. The van der Waals surface area contributed by atoms with E-state index < -0.39 is 0 Å². The highest BCUT2D eigenvalue weighted by Gasteiger charge is 2.24. The molecule has 1 aromatic carbocycles. The van der Waals surface area contributed by atoms with Crippen LogP contribution in [0.5, 0.6) is 0 Å². The number of hydrogen-bond donors (Lipinski definition) is 1. The minimum Gasteiger partial charge on any atom is -0.333 e. The van der Waals surface area contributed by atoms with Gasteiger partial charge in [-0.3, -0.25) is 4.79 Å². The molecular formula is C13H18Cl2N2O. The molecule has 1 aromatic rings. The summed E-state index contributed by atoms with van der Waals surface area (Å²) in [6, 6.07) is 5.66. The third-order valence-corrected chi connectivity index (χ3v) is 3.42. The van der Waals surface area contributed by atoms with Gasteiger partial charge in [0.05, 0.1) is 0 Å². The van der Waals surface area contributed by atoms with Crippen molar-refractivity contribution < 1.29 is 4.79 Å². The lowest BCUT2D eigenvalue weighted by atomic mass is 10.1. The Hall–Kier alpha value is -0.770. The number of benzene rings is 1. The van der Waals surface area contributed by atoms with E-state index in [4.69, 9.17) is 11.6 Å². The summed E-state index contributed by atoms with van der Waals surface area (Å²) in [6.45, 7) is 6.48. The van der Waals surface area contributed by atoms with Crippen LogP contribution < -0.4 is 5.32 Å². The van der Waals surface area contributed by atoms with E-state index in [0.717, 1.165) is 30.8 Å². The monoisotopic (exact) mass is 288 g/mol. The molecule has 5 heteroatoms. The summed E-state index contributed by atoms with van der Waals surface area (Å²) in [5.74, 6) is 0.105. The van der Waals surface area contributed by atoms with Gasteiger partial charge < -0.3 is 10.2 Å². The number of nitrogens with zero attached hydrogens (tertiary/aromatic N) is 1. The summed E-state index contributed by atoms with van der Waals surface area (Å²) in [7, 11) is 0. The Morgan fingerprint density at radius 1 is 1.50 bits per heavy atom. The average molecular weight is 289 g/mol. The first-order chi connectivity index (χ1) is 8.09. The maximum absolute atomic E-state index is 12.4. The largest absolute Gasteiger partial charge is 0.333 e. The molecule has 1 aliphatic rings. The Labute approximate surface area is 119 Å². The van der Waals surface area contributed by atoms with Gasteiger partial charge in [0, 0.05) is 36.3 Å². The summed E-state index contributed by atoms with van der Waals surface area (Å²) in [5.41, 5.74) is 1.69. The first kappa shape index (κ1) is 15.3. The van der Waals surface area contributed by atoms with Crippen molar-refractivity contribution in [3.8, 4) is 0 Å². The second-order valence-electron chi connectivity index (χ2n) is 4.51. The van der Waals surface area contributed by atoms with Crippen LogP contribution in [0.1, 0.15) is 22.8 Å². The second kappa shape index (κ2) is 6.41. The van der Waals surface area contributed by atoms with Crippen molar-refractivity contribution in [3.63, 3.8) is 0 Å². The third kappa shape index (κ3) is 3.16. The van der Waals surface area contributed by atoms with Gasteiger partial charge in [-0.25, -0.2) is 0 Å². The number of aryl methyl sites for hydroxylation is 1. The standard InChI is InChI=1S/C13H17ClN2O.ClH/c1-9-7-11(14)3-4-12(9)13(17)16-6-5-15-8-10(16)2;/h3-4,7,10,15H,5-6,8H2,1-2H3;1H/t10-;/m1./s1. The summed E-state index contributed by atoms with van der Waals surface area (Å²) in [4.78, 5) is 14.3. The molecule has 1 aliphatic heterocycles. The first-order valence-electron chi connectivity index (χ1n) is 5.87. The molecule has 2 rings (SSSR count). The van der Waals surface area contributed by atoms with Crippen LogP contribution in [0, 0.1) is 6.92 Å². The number of nitrogens with one attached hydrogen (secondary N) is 1.